The molecular weight excluding hydrogens is 460 g/mol. The van der Waals surface area contributed by atoms with Crippen LogP contribution < -0.4 is 21.9 Å². The molecule has 0 aliphatic rings. The van der Waals surface area contributed by atoms with Crippen molar-refractivity contribution in [2.75, 3.05) is 0 Å². The molecule has 0 aliphatic carbocycles. The Bertz CT molecular complexity index is 1520. The number of carbonyl (C=O) groups excluding carboxylic acids is 2. The van der Waals surface area contributed by atoms with Crippen molar-refractivity contribution in [3.05, 3.63) is 98.6 Å². The van der Waals surface area contributed by atoms with Crippen LogP contribution in [0.5, 0.6) is 0 Å². The van der Waals surface area contributed by atoms with Gasteiger partial charge < -0.3 is 15.1 Å². The minimum absolute atomic E-state index is 0.0783. The average Bonchev–Trinajstić information content (AvgIpc) is 3.39. The summed E-state index contributed by atoms with van der Waals surface area (Å²) in [7, 11) is 0. The third-order valence-corrected chi connectivity index (χ3v) is 6.02. The van der Waals surface area contributed by atoms with Gasteiger partial charge in [0.05, 0.1) is 29.4 Å². The van der Waals surface area contributed by atoms with E-state index in [1.54, 1.807) is 36.4 Å². The minimum atomic E-state index is -0.663. The van der Waals surface area contributed by atoms with E-state index in [4.69, 9.17) is 4.42 Å². The smallest absolute Gasteiger partial charge is 0.336 e. The van der Waals surface area contributed by atoms with Crippen LogP contribution in [0.1, 0.15) is 41.9 Å². The molecule has 0 aliphatic heterocycles. The lowest BCUT2D eigenvalue weighted by molar-refractivity contribution is -0.122. The number of nitrogens with zero attached hydrogens (tertiary/aromatic N) is 2. The summed E-state index contributed by atoms with van der Waals surface area (Å²) < 4.78 is 7.52. The van der Waals surface area contributed by atoms with Gasteiger partial charge >= 0.3 is 5.69 Å². The summed E-state index contributed by atoms with van der Waals surface area (Å²) in [6.07, 6.45) is 2.24. The molecular formula is C27H28N4O5. The minimum Gasteiger partial charge on any atom is -0.467 e. The molecule has 186 valence electrons. The number of fused-ring (bicyclic) bond motifs is 1. The monoisotopic (exact) mass is 488 g/mol. The molecule has 0 radical (unpaired) electrons. The lowest BCUT2D eigenvalue weighted by Gasteiger charge is -2.17. The van der Waals surface area contributed by atoms with E-state index in [0.29, 0.717) is 11.4 Å². The molecule has 0 unspecified atom stereocenters. The summed E-state index contributed by atoms with van der Waals surface area (Å²) in [5.41, 5.74) is 0.638. The lowest BCUT2D eigenvalue weighted by Crippen LogP contribution is -2.43. The summed E-state index contributed by atoms with van der Waals surface area (Å²) >= 11 is 0. The third-order valence-electron chi connectivity index (χ3n) is 6.02. The molecule has 0 saturated heterocycles. The number of nitrogens with one attached hydrogen (secondary N) is 2. The number of benzene rings is 2. The zero-order chi connectivity index (χ0) is 25.8. The number of hydrogen-bond acceptors (Lipinski definition) is 5. The molecule has 0 bridgehead atoms. The molecule has 1 atom stereocenters. The Kier molecular flexibility index (Phi) is 7.19. The maximum atomic E-state index is 13.6. The predicted octanol–water partition coefficient (Wildman–Crippen LogP) is 2.90. The van der Waals surface area contributed by atoms with E-state index < -0.39 is 17.2 Å². The van der Waals surface area contributed by atoms with Gasteiger partial charge in [-0.2, -0.15) is 0 Å². The van der Waals surface area contributed by atoms with Crippen LogP contribution >= 0.6 is 0 Å². The Morgan fingerprint density at radius 3 is 2.47 bits per heavy atom. The Morgan fingerprint density at radius 2 is 1.81 bits per heavy atom. The van der Waals surface area contributed by atoms with Crippen LogP contribution in [0, 0.1) is 6.92 Å². The topological polar surface area (TPSA) is 115 Å². The first kappa shape index (κ1) is 24.7. The van der Waals surface area contributed by atoms with Gasteiger partial charge in [0, 0.05) is 11.6 Å². The highest BCUT2D eigenvalue weighted by Gasteiger charge is 2.19. The lowest BCUT2D eigenvalue weighted by atomic mass is 10.1. The molecule has 4 aromatic rings. The normalized spacial score (nSPS) is 11.9. The van der Waals surface area contributed by atoms with E-state index in [1.165, 1.54) is 29.0 Å². The molecule has 36 heavy (non-hydrogen) atoms. The fraction of sp³-hybridized carbons (Fsp3) is 0.259. The van der Waals surface area contributed by atoms with Gasteiger partial charge in [-0.25, -0.2) is 9.36 Å². The van der Waals surface area contributed by atoms with E-state index >= 15 is 0 Å². The first-order chi connectivity index (χ1) is 17.3. The van der Waals surface area contributed by atoms with E-state index in [2.05, 4.69) is 10.6 Å². The quantitative estimate of drug-likeness (QED) is 0.396. The molecule has 4 rings (SSSR count). The Labute approximate surface area is 207 Å². The fourth-order valence-electron chi connectivity index (χ4n) is 3.83. The number of carbonyl (C=O) groups is 2. The van der Waals surface area contributed by atoms with Crippen molar-refractivity contribution in [2.45, 2.75) is 46.3 Å². The van der Waals surface area contributed by atoms with Gasteiger partial charge in [-0.05, 0) is 62.7 Å². The predicted molar refractivity (Wildman–Crippen MR) is 136 cm³/mol. The highest BCUT2D eigenvalue weighted by molar-refractivity contribution is 5.98. The van der Waals surface area contributed by atoms with Crippen LogP contribution in [0.3, 0.4) is 0 Å². The van der Waals surface area contributed by atoms with Crippen molar-refractivity contribution in [2.24, 2.45) is 0 Å². The average molecular weight is 489 g/mol. The molecule has 2 heterocycles. The van der Waals surface area contributed by atoms with Crippen LogP contribution in [0.4, 0.5) is 0 Å². The Balaban J connectivity index is 1.82. The van der Waals surface area contributed by atoms with Crippen molar-refractivity contribution in [3.63, 3.8) is 0 Å². The Morgan fingerprint density at radius 1 is 1.06 bits per heavy atom. The second-order valence-corrected chi connectivity index (χ2v) is 8.72. The van der Waals surface area contributed by atoms with Crippen molar-refractivity contribution in [3.8, 4) is 5.69 Å². The number of furan rings is 1. The van der Waals surface area contributed by atoms with Gasteiger partial charge in [-0.15, -0.1) is 0 Å². The summed E-state index contributed by atoms with van der Waals surface area (Å²) in [6.45, 7) is 5.60. The maximum Gasteiger partial charge on any atom is 0.336 e. The van der Waals surface area contributed by atoms with Gasteiger partial charge in [0.2, 0.25) is 5.91 Å². The van der Waals surface area contributed by atoms with Crippen molar-refractivity contribution in [1.82, 2.24) is 19.8 Å². The number of amides is 2. The number of aromatic nitrogens is 2. The van der Waals surface area contributed by atoms with Crippen LogP contribution in [-0.2, 0) is 17.9 Å². The standard InChI is InChI=1S/C27H28N4O5/c1-4-18(3)29-24(32)16-30-23-14-19(25(33)28-15-21-6-5-13-36-21)9-12-22(23)26(34)31(27(30)35)20-10-7-17(2)8-11-20/h5-14,18H,4,15-16H2,1-3H3,(H,28,33)(H,29,32)/t18-/m0/s1. The summed E-state index contributed by atoms with van der Waals surface area (Å²) in [6, 6.07) is 14.9. The molecule has 2 aromatic carbocycles. The summed E-state index contributed by atoms with van der Waals surface area (Å²) in [5, 5.41) is 5.81. The molecule has 2 N–H and O–H groups in total. The maximum absolute atomic E-state index is 13.6. The van der Waals surface area contributed by atoms with Crippen molar-refractivity contribution < 1.29 is 14.0 Å². The van der Waals surface area contributed by atoms with E-state index in [9.17, 15) is 19.2 Å². The van der Waals surface area contributed by atoms with Crippen LogP contribution in [0.2, 0.25) is 0 Å². The Hall–Kier alpha value is -4.40. The first-order valence-corrected chi connectivity index (χ1v) is 11.7. The molecule has 9 nitrogen and oxygen atoms in total. The summed E-state index contributed by atoms with van der Waals surface area (Å²) in [5.74, 6) is -0.183. The van der Waals surface area contributed by atoms with Crippen LogP contribution in [0.25, 0.3) is 16.6 Å². The number of rotatable bonds is 8. The van der Waals surface area contributed by atoms with Gasteiger partial charge in [0.1, 0.15) is 12.3 Å². The largest absolute Gasteiger partial charge is 0.467 e. The SMILES string of the molecule is CC[C@H](C)NC(=O)Cn1c(=O)n(-c2ccc(C)cc2)c(=O)c2ccc(C(=O)NCc3ccco3)cc21. The van der Waals surface area contributed by atoms with Gasteiger partial charge in [0.25, 0.3) is 11.5 Å². The van der Waals surface area contributed by atoms with E-state index in [0.717, 1.165) is 16.6 Å². The van der Waals surface area contributed by atoms with E-state index in [1.807, 2.05) is 20.8 Å². The van der Waals surface area contributed by atoms with Crippen molar-refractivity contribution >= 4 is 22.7 Å². The van der Waals surface area contributed by atoms with Crippen LogP contribution in [0.15, 0.2) is 74.9 Å². The summed E-state index contributed by atoms with van der Waals surface area (Å²) in [4.78, 5) is 52.5. The zero-order valence-electron chi connectivity index (χ0n) is 20.4. The number of aryl methyl sites for hydroxylation is 1. The molecule has 0 saturated carbocycles. The molecule has 0 fully saturated rings. The molecule has 2 amide bonds. The van der Waals surface area contributed by atoms with Crippen molar-refractivity contribution in [1.29, 1.82) is 0 Å². The molecule has 0 spiro atoms. The first-order valence-electron chi connectivity index (χ1n) is 11.7. The second kappa shape index (κ2) is 10.5. The molecule has 9 heteroatoms. The molecule has 2 aromatic heterocycles. The highest BCUT2D eigenvalue weighted by Crippen LogP contribution is 2.14. The highest BCUT2D eigenvalue weighted by atomic mass is 16.3. The van der Waals surface area contributed by atoms with Crippen LogP contribution in [-0.4, -0.2) is 27.0 Å². The van der Waals surface area contributed by atoms with Gasteiger partial charge in [0.15, 0.2) is 0 Å². The fourth-order valence-corrected chi connectivity index (χ4v) is 3.83. The zero-order valence-corrected chi connectivity index (χ0v) is 20.4. The van der Waals surface area contributed by atoms with Gasteiger partial charge in [-0.3, -0.25) is 19.0 Å². The van der Waals surface area contributed by atoms with Gasteiger partial charge in [-0.1, -0.05) is 24.6 Å². The number of hydrogen-bond donors (Lipinski definition) is 2. The van der Waals surface area contributed by atoms with E-state index in [-0.39, 0.29) is 41.5 Å². The third kappa shape index (κ3) is 5.14. The second-order valence-electron chi connectivity index (χ2n) is 8.72.